The topological polar surface area (TPSA) is 74.8 Å². The summed E-state index contributed by atoms with van der Waals surface area (Å²) in [4.78, 5) is 27.0. The summed E-state index contributed by atoms with van der Waals surface area (Å²) >= 11 is 0. The SMILES string of the molecule is CC(=O)c1ccc(S(=O)(=O)N2CCC(C(=O)N3CCCC3c3ccccc3C)CC2)cc1. The number of benzene rings is 2. The third kappa shape index (κ3) is 4.36. The van der Waals surface area contributed by atoms with Gasteiger partial charge in [0.05, 0.1) is 10.9 Å². The van der Waals surface area contributed by atoms with Crippen LogP contribution < -0.4 is 0 Å². The van der Waals surface area contributed by atoms with E-state index < -0.39 is 10.0 Å². The molecule has 1 amide bonds. The second-order valence-corrected chi connectivity index (χ2v) is 10.7. The van der Waals surface area contributed by atoms with Gasteiger partial charge in [-0.15, -0.1) is 0 Å². The molecule has 2 fully saturated rings. The highest BCUT2D eigenvalue weighted by molar-refractivity contribution is 7.89. The smallest absolute Gasteiger partial charge is 0.243 e. The van der Waals surface area contributed by atoms with Crippen molar-refractivity contribution >= 4 is 21.7 Å². The minimum atomic E-state index is -3.63. The maximum absolute atomic E-state index is 13.3. The van der Waals surface area contributed by atoms with Crippen molar-refractivity contribution in [3.05, 3.63) is 65.2 Å². The van der Waals surface area contributed by atoms with Gasteiger partial charge in [0.15, 0.2) is 5.78 Å². The molecule has 0 bridgehead atoms. The second-order valence-electron chi connectivity index (χ2n) is 8.81. The second kappa shape index (κ2) is 9.16. The lowest BCUT2D eigenvalue weighted by molar-refractivity contribution is -0.137. The summed E-state index contributed by atoms with van der Waals surface area (Å²) in [5, 5.41) is 0. The van der Waals surface area contributed by atoms with Crippen molar-refractivity contribution in [1.29, 1.82) is 0 Å². The number of hydrogen-bond acceptors (Lipinski definition) is 4. The third-order valence-electron chi connectivity index (χ3n) is 6.79. The molecule has 2 saturated heterocycles. The van der Waals surface area contributed by atoms with Gasteiger partial charge in [-0.1, -0.05) is 36.4 Å². The van der Waals surface area contributed by atoms with Crippen molar-refractivity contribution in [2.75, 3.05) is 19.6 Å². The Balaban J connectivity index is 1.42. The lowest BCUT2D eigenvalue weighted by Crippen LogP contribution is -2.44. The maximum Gasteiger partial charge on any atom is 0.243 e. The van der Waals surface area contributed by atoms with E-state index >= 15 is 0 Å². The van der Waals surface area contributed by atoms with Crippen molar-refractivity contribution in [2.45, 2.75) is 50.5 Å². The molecular weight excluding hydrogens is 424 g/mol. The number of hydrogen-bond donors (Lipinski definition) is 0. The lowest BCUT2D eigenvalue weighted by Gasteiger charge is -2.34. The van der Waals surface area contributed by atoms with Crippen LogP contribution in [0.3, 0.4) is 0 Å². The minimum absolute atomic E-state index is 0.0980. The molecule has 0 spiro atoms. The Morgan fingerprint density at radius 2 is 1.56 bits per heavy atom. The van der Waals surface area contributed by atoms with Crippen molar-refractivity contribution in [2.24, 2.45) is 5.92 Å². The number of rotatable bonds is 5. The van der Waals surface area contributed by atoms with E-state index in [1.807, 2.05) is 17.0 Å². The Hall–Kier alpha value is -2.51. The van der Waals surface area contributed by atoms with Gasteiger partial charge in [0.1, 0.15) is 0 Å². The van der Waals surface area contributed by atoms with Gasteiger partial charge in [0.25, 0.3) is 0 Å². The van der Waals surface area contributed by atoms with Gasteiger partial charge in [0.2, 0.25) is 15.9 Å². The zero-order valence-electron chi connectivity index (χ0n) is 18.7. The number of aryl methyl sites for hydroxylation is 1. The molecule has 0 aliphatic carbocycles. The number of sulfonamides is 1. The molecular formula is C25H30N2O4S. The number of carbonyl (C=O) groups is 2. The van der Waals surface area contributed by atoms with Crippen LogP contribution in [-0.4, -0.2) is 48.9 Å². The summed E-state index contributed by atoms with van der Waals surface area (Å²) < 4.78 is 27.5. The van der Waals surface area contributed by atoms with Gasteiger partial charge in [-0.3, -0.25) is 9.59 Å². The fourth-order valence-corrected chi connectivity index (χ4v) is 6.37. The third-order valence-corrected chi connectivity index (χ3v) is 8.70. The molecule has 0 saturated carbocycles. The van der Waals surface area contributed by atoms with E-state index in [4.69, 9.17) is 0 Å². The molecule has 2 aliphatic rings. The highest BCUT2D eigenvalue weighted by Crippen LogP contribution is 2.36. The number of carbonyl (C=O) groups excluding carboxylic acids is 2. The highest BCUT2D eigenvalue weighted by Gasteiger charge is 2.38. The number of ketones is 1. The number of nitrogens with zero attached hydrogens (tertiary/aromatic N) is 2. The van der Waals surface area contributed by atoms with Gasteiger partial charge < -0.3 is 4.90 Å². The number of likely N-dealkylation sites (tertiary alicyclic amines) is 1. The predicted octanol–water partition coefficient (Wildman–Crippen LogP) is 3.96. The summed E-state index contributed by atoms with van der Waals surface area (Å²) in [5.74, 6) is -0.0936. The van der Waals surface area contributed by atoms with E-state index in [0.29, 0.717) is 31.5 Å². The van der Waals surface area contributed by atoms with Crippen LogP contribution in [0.4, 0.5) is 0 Å². The highest BCUT2D eigenvalue weighted by atomic mass is 32.2. The van der Waals surface area contributed by atoms with E-state index in [1.165, 1.54) is 34.5 Å². The molecule has 6 nitrogen and oxygen atoms in total. The molecule has 2 aromatic carbocycles. The molecule has 1 atom stereocenters. The molecule has 0 aromatic heterocycles. The predicted molar refractivity (Wildman–Crippen MR) is 123 cm³/mol. The number of amides is 1. The van der Waals surface area contributed by atoms with E-state index in [-0.39, 0.29) is 28.5 Å². The standard InChI is InChI=1S/C25H30N2O4S/c1-18-6-3-4-7-23(18)24-8-5-15-27(24)25(29)21-13-16-26(17-14-21)32(30,31)22-11-9-20(10-12-22)19(2)28/h3-4,6-7,9-12,21,24H,5,8,13-17H2,1-2H3. The van der Waals surface area contributed by atoms with Crippen LogP contribution in [0.5, 0.6) is 0 Å². The van der Waals surface area contributed by atoms with Crippen LogP contribution in [0, 0.1) is 12.8 Å². The Labute approximate surface area is 190 Å². The molecule has 2 heterocycles. The van der Waals surface area contributed by atoms with Crippen LogP contribution in [0.15, 0.2) is 53.4 Å². The number of piperidine rings is 1. The molecule has 0 radical (unpaired) electrons. The zero-order chi connectivity index (χ0) is 22.9. The van der Waals surface area contributed by atoms with Crippen LogP contribution >= 0.6 is 0 Å². The summed E-state index contributed by atoms with van der Waals surface area (Å²) in [6, 6.07) is 14.4. The first-order valence-electron chi connectivity index (χ1n) is 11.3. The number of Topliss-reactive ketones (excluding diaryl/α,β-unsaturated/α-hetero) is 1. The average molecular weight is 455 g/mol. The van der Waals surface area contributed by atoms with Crippen molar-refractivity contribution < 1.29 is 18.0 Å². The van der Waals surface area contributed by atoms with Crippen LogP contribution in [0.1, 0.15) is 60.1 Å². The molecule has 1 unspecified atom stereocenters. The van der Waals surface area contributed by atoms with Gasteiger partial charge in [0, 0.05) is 31.1 Å². The van der Waals surface area contributed by atoms with E-state index in [0.717, 1.165) is 19.4 Å². The van der Waals surface area contributed by atoms with Gasteiger partial charge in [-0.25, -0.2) is 8.42 Å². The normalized spacial score (nSPS) is 20.4. The summed E-state index contributed by atoms with van der Waals surface area (Å²) in [7, 11) is -3.63. The van der Waals surface area contributed by atoms with E-state index in [1.54, 1.807) is 12.1 Å². The lowest BCUT2D eigenvalue weighted by atomic mass is 9.94. The fraction of sp³-hybridized carbons (Fsp3) is 0.440. The molecule has 2 aromatic rings. The summed E-state index contributed by atoms with van der Waals surface area (Å²) in [6.45, 7) is 4.96. The van der Waals surface area contributed by atoms with Gasteiger partial charge in [-0.05, 0) is 62.8 Å². The van der Waals surface area contributed by atoms with Crippen molar-refractivity contribution in [3.8, 4) is 0 Å². The Kier molecular flexibility index (Phi) is 6.49. The minimum Gasteiger partial charge on any atom is -0.335 e. The Morgan fingerprint density at radius 1 is 0.906 bits per heavy atom. The summed E-state index contributed by atoms with van der Waals surface area (Å²) in [5.41, 5.74) is 2.91. The quantitative estimate of drug-likeness (QED) is 0.641. The molecule has 7 heteroatoms. The van der Waals surface area contributed by atoms with Gasteiger partial charge in [-0.2, -0.15) is 4.31 Å². The Morgan fingerprint density at radius 3 is 2.19 bits per heavy atom. The average Bonchev–Trinajstić information content (AvgIpc) is 3.28. The maximum atomic E-state index is 13.3. The zero-order valence-corrected chi connectivity index (χ0v) is 19.5. The van der Waals surface area contributed by atoms with Crippen LogP contribution in [0.25, 0.3) is 0 Å². The van der Waals surface area contributed by atoms with E-state index in [9.17, 15) is 18.0 Å². The molecule has 2 aliphatic heterocycles. The van der Waals surface area contributed by atoms with Crippen LogP contribution in [-0.2, 0) is 14.8 Å². The molecule has 32 heavy (non-hydrogen) atoms. The van der Waals surface area contributed by atoms with Gasteiger partial charge >= 0.3 is 0 Å². The first kappa shape index (κ1) is 22.7. The molecule has 4 rings (SSSR count). The fourth-order valence-electron chi connectivity index (χ4n) is 4.90. The molecule has 0 N–H and O–H groups in total. The van der Waals surface area contributed by atoms with Crippen molar-refractivity contribution in [3.63, 3.8) is 0 Å². The first-order valence-corrected chi connectivity index (χ1v) is 12.7. The van der Waals surface area contributed by atoms with Crippen molar-refractivity contribution in [1.82, 2.24) is 9.21 Å². The van der Waals surface area contributed by atoms with E-state index in [2.05, 4.69) is 19.1 Å². The Bertz CT molecular complexity index is 1100. The largest absolute Gasteiger partial charge is 0.335 e. The summed E-state index contributed by atoms with van der Waals surface area (Å²) in [6.07, 6.45) is 3.02. The first-order chi connectivity index (χ1) is 15.3. The van der Waals surface area contributed by atoms with Crippen LogP contribution in [0.2, 0.25) is 0 Å². The molecule has 170 valence electrons. The monoisotopic (exact) mass is 454 g/mol.